The second-order valence-electron chi connectivity index (χ2n) is 6.38. The summed E-state index contributed by atoms with van der Waals surface area (Å²) in [6, 6.07) is 10.5. The Kier molecular flexibility index (Phi) is 11.0. The van der Waals surface area contributed by atoms with Crippen molar-refractivity contribution in [3.8, 4) is 0 Å². The van der Waals surface area contributed by atoms with Crippen molar-refractivity contribution in [3.63, 3.8) is 0 Å². The highest BCUT2D eigenvalue weighted by atomic mass is 127. The van der Waals surface area contributed by atoms with Gasteiger partial charge in [-0.1, -0.05) is 24.3 Å². The van der Waals surface area contributed by atoms with Gasteiger partial charge in [0.1, 0.15) is 0 Å². The smallest absolute Gasteiger partial charge is 0.191 e. The summed E-state index contributed by atoms with van der Waals surface area (Å²) in [5, 5.41) is 11.2. The number of aromatic nitrogens is 2. The van der Waals surface area contributed by atoms with E-state index in [-0.39, 0.29) is 24.0 Å². The molecular weight excluding hydrogens is 453 g/mol. The highest BCUT2D eigenvalue weighted by molar-refractivity contribution is 14.0. The van der Waals surface area contributed by atoms with Crippen LogP contribution in [0.2, 0.25) is 0 Å². The van der Waals surface area contributed by atoms with E-state index in [1.807, 2.05) is 6.92 Å². The topological polar surface area (TPSA) is 63.5 Å². The quantitative estimate of drug-likeness (QED) is 0.247. The van der Waals surface area contributed by atoms with Crippen molar-refractivity contribution in [3.05, 3.63) is 52.8 Å². The van der Waals surface area contributed by atoms with Crippen LogP contribution in [0.3, 0.4) is 0 Å². The van der Waals surface area contributed by atoms with Gasteiger partial charge in [0.05, 0.1) is 18.8 Å². The van der Waals surface area contributed by atoms with Gasteiger partial charge in [0.15, 0.2) is 5.96 Å². The minimum atomic E-state index is 0. The van der Waals surface area contributed by atoms with Crippen LogP contribution >= 0.6 is 24.0 Å². The molecule has 0 saturated heterocycles. The summed E-state index contributed by atoms with van der Waals surface area (Å²) in [7, 11) is 1.71. The maximum atomic E-state index is 5.14. The minimum Gasteiger partial charge on any atom is -0.380 e. The highest BCUT2D eigenvalue weighted by Crippen LogP contribution is 2.06. The Bertz CT molecular complexity index is 697. The van der Waals surface area contributed by atoms with Gasteiger partial charge >= 0.3 is 0 Å². The van der Waals surface area contributed by atoms with Crippen LogP contribution in [-0.2, 0) is 24.4 Å². The second-order valence-corrected chi connectivity index (χ2v) is 6.38. The van der Waals surface area contributed by atoms with E-state index in [4.69, 9.17) is 4.74 Å². The van der Waals surface area contributed by atoms with Crippen molar-refractivity contribution in [2.75, 3.05) is 20.2 Å². The van der Waals surface area contributed by atoms with E-state index >= 15 is 0 Å². The zero-order chi connectivity index (χ0) is 18.8. The summed E-state index contributed by atoms with van der Waals surface area (Å²) >= 11 is 0. The van der Waals surface area contributed by atoms with Crippen LogP contribution in [0.1, 0.15) is 35.9 Å². The number of methoxy groups -OCH3 is 1. The molecule has 0 radical (unpaired) electrons. The fourth-order valence-corrected chi connectivity index (χ4v) is 2.76. The summed E-state index contributed by atoms with van der Waals surface area (Å²) in [4.78, 5) is 4.67. The Labute approximate surface area is 179 Å². The number of nitrogens with zero attached hydrogens (tertiary/aromatic N) is 3. The molecule has 1 aromatic heterocycles. The average molecular weight is 485 g/mol. The van der Waals surface area contributed by atoms with Gasteiger partial charge in [-0.2, -0.15) is 5.10 Å². The second kappa shape index (κ2) is 12.7. The van der Waals surface area contributed by atoms with Crippen molar-refractivity contribution >= 4 is 29.9 Å². The van der Waals surface area contributed by atoms with E-state index in [2.05, 4.69) is 69.6 Å². The molecule has 0 bridgehead atoms. The first-order valence-corrected chi connectivity index (χ1v) is 9.22. The molecule has 0 spiro atoms. The van der Waals surface area contributed by atoms with Crippen LogP contribution in [0.25, 0.3) is 0 Å². The lowest BCUT2D eigenvalue weighted by atomic mass is 10.1. The molecule has 0 aliphatic rings. The zero-order valence-electron chi connectivity index (χ0n) is 16.8. The Morgan fingerprint density at radius 1 is 1.15 bits per heavy atom. The number of aliphatic imine (C=N–C) groups is 1. The molecule has 0 aliphatic heterocycles. The fraction of sp³-hybridized carbons (Fsp3) is 0.500. The van der Waals surface area contributed by atoms with Gasteiger partial charge in [-0.25, -0.2) is 4.99 Å². The Balaban J connectivity index is 0.00000364. The highest BCUT2D eigenvalue weighted by Gasteiger charge is 2.02. The average Bonchev–Trinajstić information content (AvgIpc) is 2.95. The number of aryl methyl sites for hydroxylation is 3. The van der Waals surface area contributed by atoms with Gasteiger partial charge < -0.3 is 15.4 Å². The molecular formula is C20H32IN5O. The number of halogens is 1. The van der Waals surface area contributed by atoms with Crippen LogP contribution in [0.15, 0.2) is 35.3 Å². The van der Waals surface area contributed by atoms with Crippen LogP contribution in [-0.4, -0.2) is 35.9 Å². The first-order chi connectivity index (χ1) is 12.6. The molecule has 150 valence electrons. The fourth-order valence-electron chi connectivity index (χ4n) is 2.76. The van der Waals surface area contributed by atoms with E-state index in [1.54, 1.807) is 7.11 Å². The number of guanidine groups is 1. The lowest BCUT2D eigenvalue weighted by Crippen LogP contribution is -2.38. The molecule has 6 nitrogen and oxygen atoms in total. The van der Waals surface area contributed by atoms with Gasteiger partial charge in [0.25, 0.3) is 0 Å². The first kappa shape index (κ1) is 23.4. The third-order valence-corrected chi connectivity index (χ3v) is 4.04. The predicted octanol–water partition coefficient (Wildman–Crippen LogP) is 3.41. The largest absolute Gasteiger partial charge is 0.380 e. The number of benzene rings is 1. The van der Waals surface area contributed by atoms with Gasteiger partial charge in [0.2, 0.25) is 0 Å². The normalized spacial score (nSPS) is 11.2. The molecule has 0 unspecified atom stereocenters. The minimum absolute atomic E-state index is 0. The summed E-state index contributed by atoms with van der Waals surface area (Å²) in [6.07, 6.45) is 0.998. The molecule has 2 aromatic rings. The molecule has 0 amide bonds. The van der Waals surface area contributed by atoms with E-state index in [9.17, 15) is 0 Å². The number of nitrogens with one attached hydrogen (secondary N) is 2. The van der Waals surface area contributed by atoms with Gasteiger partial charge in [-0.15, -0.1) is 24.0 Å². The third kappa shape index (κ3) is 8.30. The summed E-state index contributed by atoms with van der Waals surface area (Å²) < 4.78 is 7.20. The Morgan fingerprint density at radius 3 is 2.44 bits per heavy atom. The van der Waals surface area contributed by atoms with Crippen molar-refractivity contribution in [2.45, 2.75) is 46.9 Å². The number of ether oxygens (including phenoxy) is 1. The van der Waals surface area contributed by atoms with Gasteiger partial charge in [-0.3, -0.25) is 4.68 Å². The summed E-state index contributed by atoms with van der Waals surface area (Å²) in [6.45, 7) is 10.1. The van der Waals surface area contributed by atoms with E-state index in [0.717, 1.165) is 37.7 Å². The van der Waals surface area contributed by atoms with Crippen molar-refractivity contribution < 1.29 is 4.74 Å². The lowest BCUT2D eigenvalue weighted by molar-refractivity contribution is 0.185. The maximum absolute atomic E-state index is 5.14. The standard InChI is InChI=1S/C20H31N5O.HI/c1-5-21-20(22-11-6-12-25-17(3)13-16(2)24-25)23-14-18-7-9-19(10-8-18)15-26-4;/h7-10,13H,5-6,11-12,14-15H2,1-4H3,(H2,21,22,23);1H. The molecule has 7 heteroatoms. The van der Waals surface area contributed by atoms with Gasteiger partial charge in [-0.05, 0) is 44.4 Å². The molecule has 0 saturated carbocycles. The lowest BCUT2D eigenvalue weighted by Gasteiger charge is -2.12. The van der Waals surface area contributed by atoms with Crippen LogP contribution in [0.5, 0.6) is 0 Å². The monoisotopic (exact) mass is 485 g/mol. The van der Waals surface area contributed by atoms with Crippen molar-refractivity contribution in [2.24, 2.45) is 4.99 Å². The van der Waals surface area contributed by atoms with Crippen molar-refractivity contribution in [1.82, 2.24) is 20.4 Å². The van der Waals surface area contributed by atoms with Crippen molar-refractivity contribution in [1.29, 1.82) is 0 Å². The van der Waals surface area contributed by atoms with Gasteiger partial charge in [0, 0.05) is 32.4 Å². The first-order valence-electron chi connectivity index (χ1n) is 9.22. The molecule has 27 heavy (non-hydrogen) atoms. The predicted molar refractivity (Wildman–Crippen MR) is 122 cm³/mol. The molecule has 1 heterocycles. The number of hydrogen-bond donors (Lipinski definition) is 2. The third-order valence-electron chi connectivity index (χ3n) is 4.04. The molecule has 0 atom stereocenters. The summed E-state index contributed by atoms with van der Waals surface area (Å²) in [5.74, 6) is 0.849. The summed E-state index contributed by atoms with van der Waals surface area (Å²) in [5.41, 5.74) is 4.64. The molecule has 1 aromatic carbocycles. The molecule has 0 aliphatic carbocycles. The Morgan fingerprint density at radius 2 is 1.85 bits per heavy atom. The van der Waals surface area contributed by atoms with Crippen LogP contribution in [0.4, 0.5) is 0 Å². The SMILES string of the molecule is CCNC(=NCc1ccc(COC)cc1)NCCCn1nc(C)cc1C.I. The van der Waals surface area contributed by atoms with Crippen LogP contribution < -0.4 is 10.6 Å². The van der Waals surface area contributed by atoms with E-state index in [0.29, 0.717) is 13.2 Å². The molecule has 0 fully saturated rings. The Hall–Kier alpha value is -1.61. The number of hydrogen-bond acceptors (Lipinski definition) is 3. The zero-order valence-corrected chi connectivity index (χ0v) is 19.1. The number of rotatable bonds is 9. The van der Waals surface area contributed by atoms with Crippen LogP contribution in [0, 0.1) is 13.8 Å². The van der Waals surface area contributed by atoms with E-state index < -0.39 is 0 Å². The van der Waals surface area contributed by atoms with E-state index in [1.165, 1.54) is 16.8 Å². The molecule has 2 rings (SSSR count). The maximum Gasteiger partial charge on any atom is 0.191 e. The molecule has 2 N–H and O–H groups in total.